The van der Waals surface area contributed by atoms with Crippen LogP contribution in [0.5, 0.6) is 0 Å². The van der Waals surface area contributed by atoms with Gasteiger partial charge in [-0.15, -0.1) is 0 Å². The van der Waals surface area contributed by atoms with Crippen LogP contribution in [0.4, 0.5) is 5.82 Å². The highest BCUT2D eigenvalue weighted by molar-refractivity contribution is 5.38. The van der Waals surface area contributed by atoms with E-state index in [-0.39, 0.29) is 5.41 Å². The average Bonchev–Trinajstić information content (AvgIpc) is 2.52. The molecule has 0 unspecified atom stereocenters. The van der Waals surface area contributed by atoms with Gasteiger partial charge in [-0.3, -0.25) is 4.68 Å². The molecule has 0 aliphatic heterocycles. The molecule has 88 valence electrons. The smallest absolute Gasteiger partial charge is 0.124 e. The van der Waals surface area contributed by atoms with Crippen molar-refractivity contribution >= 4 is 5.82 Å². The predicted octanol–water partition coefficient (Wildman–Crippen LogP) is 1.72. The summed E-state index contributed by atoms with van der Waals surface area (Å²) in [5.74, 6) is 1.09. The molecule has 0 spiro atoms. The van der Waals surface area contributed by atoms with E-state index in [1.807, 2.05) is 11.7 Å². The van der Waals surface area contributed by atoms with Gasteiger partial charge in [-0.2, -0.15) is 5.10 Å². The monoisotopic (exact) mass is 212 g/mol. The number of hydrogen-bond acceptors (Lipinski definition) is 3. The minimum Gasteiger partial charge on any atom is -0.371 e. The molecule has 1 aromatic rings. The van der Waals surface area contributed by atoms with E-state index in [4.69, 9.17) is 0 Å². The Morgan fingerprint density at radius 3 is 2.27 bits per heavy atom. The minimum absolute atomic E-state index is 0.130. The number of rotatable bonds is 2. The molecule has 0 saturated carbocycles. The van der Waals surface area contributed by atoms with Crippen molar-refractivity contribution in [3.63, 3.8) is 0 Å². The molecule has 0 aliphatic rings. The fraction of sp³-hybridized carbons (Fsp3) is 0.727. The van der Waals surface area contributed by atoms with Crippen LogP contribution >= 0.6 is 0 Å². The number of nitrogens with zero attached hydrogens (tertiary/aromatic N) is 2. The summed E-state index contributed by atoms with van der Waals surface area (Å²) in [7, 11) is 3.47. The van der Waals surface area contributed by atoms with Crippen molar-refractivity contribution < 1.29 is 0 Å². The van der Waals surface area contributed by atoms with E-state index in [2.05, 4.69) is 49.9 Å². The summed E-state index contributed by atoms with van der Waals surface area (Å²) in [5.41, 5.74) is 5.76. The van der Waals surface area contributed by atoms with E-state index >= 15 is 0 Å². The van der Waals surface area contributed by atoms with Crippen molar-refractivity contribution in [2.24, 2.45) is 12.8 Å². The van der Waals surface area contributed by atoms with Crippen molar-refractivity contribution in [1.29, 1.82) is 0 Å². The first-order valence-corrected chi connectivity index (χ1v) is 5.31. The summed E-state index contributed by atoms with van der Waals surface area (Å²) in [5, 5.41) is 7.72. The van der Waals surface area contributed by atoms with Crippen LogP contribution in [0.1, 0.15) is 33.4 Å². The van der Waals surface area contributed by atoms with Gasteiger partial charge < -0.3 is 11.1 Å². The molecule has 3 N–H and O–H groups in total. The second-order valence-corrected chi connectivity index (χ2v) is 4.32. The lowest BCUT2D eigenvalue weighted by atomic mass is 9.92. The highest BCUT2D eigenvalue weighted by atomic mass is 15.3. The molecule has 4 heteroatoms. The molecule has 15 heavy (non-hydrogen) atoms. The Morgan fingerprint density at radius 2 is 1.93 bits per heavy atom. The molecular formula is C11H24N4. The summed E-state index contributed by atoms with van der Waals surface area (Å²) in [6.45, 7) is 9.54. The third kappa shape index (κ3) is 3.91. The lowest BCUT2D eigenvalue weighted by Crippen LogP contribution is -2.12. The van der Waals surface area contributed by atoms with Gasteiger partial charge >= 0.3 is 0 Å². The second-order valence-electron chi connectivity index (χ2n) is 4.32. The van der Waals surface area contributed by atoms with Gasteiger partial charge in [0.1, 0.15) is 5.82 Å². The number of aryl methyl sites for hydroxylation is 1. The fourth-order valence-corrected chi connectivity index (χ4v) is 1.18. The van der Waals surface area contributed by atoms with Crippen molar-refractivity contribution in [3.8, 4) is 0 Å². The highest BCUT2D eigenvalue weighted by Gasteiger charge is 2.18. The average molecular weight is 212 g/mol. The van der Waals surface area contributed by atoms with Crippen LogP contribution in [0.25, 0.3) is 0 Å². The molecule has 0 atom stereocenters. The second kappa shape index (κ2) is 5.75. The van der Waals surface area contributed by atoms with Gasteiger partial charge in [0.2, 0.25) is 0 Å². The van der Waals surface area contributed by atoms with E-state index in [1.165, 1.54) is 7.05 Å². The van der Waals surface area contributed by atoms with Gasteiger partial charge in [0.15, 0.2) is 0 Å². The molecule has 4 nitrogen and oxygen atoms in total. The summed E-state index contributed by atoms with van der Waals surface area (Å²) < 4.78 is 1.89. The minimum atomic E-state index is 0.130. The maximum atomic E-state index is 4.50. The summed E-state index contributed by atoms with van der Waals surface area (Å²) >= 11 is 0. The van der Waals surface area contributed by atoms with Gasteiger partial charge in [-0.25, -0.2) is 0 Å². The lowest BCUT2D eigenvalue weighted by Gasteiger charge is -2.13. The summed E-state index contributed by atoms with van der Waals surface area (Å²) in [6, 6.07) is 2.11. The molecule has 0 aromatic carbocycles. The SMILES string of the molecule is CCNc1cc(C(C)(C)C)nn1C.CN. The Hall–Kier alpha value is -1.03. The quantitative estimate of drug-likeness (QED) is 0.785. The van der Waals surface area contributed by atoms with E-state index in [0.29, 0.717) is 0 Å². The largest absolute Gasteiger partial charge is 0.371 e. The van der Waals surface area contributed by atoms with Gasteiger partial charge in [-0.1, -0.05) is 20.8 Å². The van der Waals surface area contributed by atoms with Crippen LogP contribution in [0.15, 0.2) is 6.07 Å². The molecular weight excluding hydrogens is 188 g/mol. The fourth-order valence-electron chi connectivity index (χ4n) is 1.18. The first-order chi connectivity index (χ1) is 6.95. The topological polar surface area (TPSA) is 55.9 Å². The summed E-state index contributed by atoms with van der Waals surface area (Å²) in [6.07, 6.45) is 0. The maximum absolute atomic E-state index is 4.50. The zero-order chi connectivity index (χ0) is 12.1. The first-order valence-electron chi connectivity index (χ1n) is 5.31. The van der Waals surface area contributed by atoms with Gasteiger partial charge in [0.25, 0.3) is 0 Å². The predicted molar refractivity (Wildman–Crippen MR) is 66.2 cm³/mol. The van der Waals surface area contributed by atoms with E-state index in [9.17, 15) is 0 Å². The molecule has 0 saturated heterocycles. The van der Waals surface area contributed by atoms with Crippen LogP contribution in [0, 0.1) is 0 Å². The van der Waals surface area contributed by atoms with E-state index < -0.39 is 0 Å². The Balaban J connectivity index is 0.000000921. The summed E-state index contributed by atoms with van der Waals surface area (Å²) in [4.78, 5) is 0. The van der Waals surface area contributed by atoms with Crippen molar-refractivity contribution in [2.45, 2.75) is 33.1 Å². The van der Waals surface area contributed by atoms with Gasteiger partial charge in [0.05, 0.1) is 5.69 Å². The zero-order valence-electron chi connectivity index (χ0n) is 10.8. The maximum Gasteiger partial charge on any atom is 0.124 e. The Morgan fingerprint density at radius 1 is 1.40 bits per heavy atom. The van der Waals surface area contributed by atoms with E-state index in [0.717, 1.165) is 18.1 Å². The molecule has 0 amide bonds. The standard InChI is InChI=1S/C10H19N3.CH5N/c1-6-11-9-7-8(10(2,3)4)12-13(9)5;1-2/h7,11H,6H2,1-5H3;2H2,1H3. The van der Waals surface area contributed by atoms with Gasteiger partial charge in [-0.05, 0) is 14.0 Å². The van der Waals surface area contributed by atoms with Crippen LogP contribution in [-0.4, -0.2) is 23.4 Å². The third-order valence-corrected chi connectivity index (χ3v) is 2.01. The van der Waals surface area contributed by atoms with Crippen LogP contribution in [0.2, 0.25) is 0 Å². The number of aromatic nitrogens is 2. The first kappa shape index (κ1) is 14.0. The van der Waals surface area contributed by atoms with Crippen LogP contribution in [-0.2, 0) is 12.5 Å². The van der Waals surface area contributed by atoms with Crippen LogP contribution < -0.4 is 11.1 Å². The van der Waals surface area contributed by atoms with Gasteiger partial charge in [0, 0.05) is 25.1 Å². The van der Waals surface area contributed by atoms with E-state index in [1.54, 1.807) is 0 Å². The highest BCUT2D eigenvalue weighted by Crippen LogP contribution is 2.22. The number of anilines is 1. The normalized spacial score (nSPS) is 10.6. The Kier molecular flexibility index (Phi) is 5.36. The molecule has 0 bridgehead atoms. The molecule has 0 radical (unpaired) electrons. The van der Waals surface area contributed by atoms with Crippen molar-refractivity contribution in [2.75, 3.05) is 18.9 Å². The molecule has 1 aromatic heterocycles. The molecule has 0 aliphatic carbocycles. The number of nitrogens with one attached hydrogen (secondary N) is 1. The molecule has 1 rings (SSSR count). The third-order valence-electron chi connectivity index (χ3n) is 2.01. The van der Waals surface area contributed by atoms with Crippen molar-refractivity contribution in [3.05, 3.63) is 11.8 Å². The van der Waals surface area contributed by atoms with Crippen LogP contribution in [0.3, 0.4) is 0 Å². The molecule has 0 fully saturated rings. The Bertz CT molecular complexity index is 283. The number of hydrogen-bond donors (Lipinski definition) is 2. The van der Waals surface area contributed by atoms with Crippen molar-refractivity contribution in [1.82, 2.24) is 9.78 Å². The zero-order valence-corrected chi connectivity index (χ0v) is 10.8. The lowest BCUT2D eigenvalue weighted by molar-refractivity contribution is 0.553. The Labute approximate surface area is 92.9 Å². The number of nitrogens with two attached hydrogens (primary N) is 1. The molecule has 1 heterocycles.